The van der Waals surface area contributed by atoms with E-state index >= 15 is 0 Å². The Balaban J connectivity index is 0.639. The van der Waals surface area contributed by atoms with Crippen molar-refractivity contribution in [2.75, 3.05) is 19.2 Å². The second kappa shape index (κ2) is 24.2. The van der Waals surface area contributed by atoms with Crippen LogP contribution in [0.1, 0.15) is 0 Å². The van der Waals surface area contributed by atoms with Gasteiger partial charge in [-0.25, -0.2) is 24.9 Å². The average Bonchev–Trinajstić information content (AvgIpc) is 1.54. The van der Waals surface area contributed by atoms with E-state index in [1.165, 1.54) is 44.6 Å². The highest BCUT2D eigenvalue weighted by molar-refractivity contribution is 6.87. The number of rotatable bonds is 11. The van der Waals surface area contributed by atoms with Gasteiger partial charge in [-0.1, -0.05) is 261 Å². The normalized spacial score (nSPS) is 12.8. The predicted molar refractivity (Wildman–Crippen MR) is 420 cm³/mol. The van der Waals surface area contributed by atoms with Gasteiger partial charge >= 0.3 is 14.0 Å². The molecule has 0 unspecified atom stereocenters. The molecule has 0 atom stereocenters. The molecular weight excluding hydrogens is 1240 g/mol. The summed E-state index contributed by atoms with van der Waals surface area (Å²) in [6.45, 7) is -0.265. The molecule has 474 valence electrons. The van der Waals surface area contributed by atoms with Crippen molar-refractivity contribution in [2.45, 2.75) is 0 Å². The highest BCUT2D eigenvalue weighted by Crippen LogP contribution is 2.54. The van der Waals surface area contributed by atoms with Crippen LogP contribution in [0, 0.1) is 0 Å². The van der Waals surface area contributed by atoms with Gasteiger partial charge in [-0.3, -0.25) is 0 Å². The largest absolute Gasteiger partial charge is 0.421 e. The maximum absolute atomic E-state index is 5.53. The minimum Gasteiger partial charge on any atom is -0.360 e. The highest BCUT2D eigenvalue weighted by atomic mass is 15.3. The van der Waals surface area contributed by atoms with Crippen molar-refractivity contribution >= 4 is 70.4 Å². The lowest BCUT2D eigenvalue weighted by Crippen LogP contribution is -2.55. The zero-order valence-corrected chi connectivity index (χ0v) is 55.2. The molecule has 16 aromatic rings. The number of hydrogen-bond donors (Lipinski definition) is 0. The van der Waals surface area contributed by atoms with Crippen molar-refractivity contribution < 1.29 is 0 Å². The standard InChI is InChI=1S/C91H59B2N9/c1-4-25-60(26-5-1)70-57-81(95-82(58-70)80-45-24-44-79(94-80)68-35-23-38-72(56-68)100-84-47-16-18-49-86(84)101-83-46-15-12-41-75(83)73-39-10-13-42-77(73)92(100)101)67-34-20-31-63(53-67)66-51-52-76-74-40-11-14-43-78(74)93-99(85-48-17-19-50-87(85)102(93)88(76)59-66)71-37-22-33-65(55-71)64-32-21-36-69(54-64)91-97-89(61-27-6-2-7-28-61)96-90(98-91)62-29-8-3-9-30-62/h1-59H. The van der Waals surface area contributed by atoms with Crippen LogP contribution in [0.2, 0.25) is 0 Å². The van der Waals surface area contributed by atoms with E-state index in [9.17, 15) is 0 Å². The minimum absolute atomic E-state index is 0.0789. The van der Waals surface area contributed by atoms with E-state index in [2.05, 4.69) is 316 Å². The SMILES string of the molecule is c1ccc(-c2cc(-c3cccc(-c4ccc5c(c4)N4B(c6ccccc6-5)N(c5cccc(-c6cccc(-c7nc(-c8ccccc8)nc(-c8ccccc8)n7)c6)c5)c5ccccc54)c3)nc(-c3cccc(-c4cccc(N5B6c7ccccc7-c7ccccc7N6c6ccccc65)c4)n3)c2)cc1. The highest BCUT2D eigenvalue weighted by Gasteiger charge is 2.49. The van der Waals surface area contributed by atoms with Crippen LogP contribution in [0.25, 0.3) is 124 Å². The van der Waals surface area contributed by atoms with Gasteiger partial charge in [0.05, 0.1) is 45.5 Å². The first-order valence-corrected chi connectivity index (χ1v) is 34.7. The Morgan fingerprint density at radius 2 is 0.549 bits per heavy atom. The number of hydrogen-bond acceptors (Lipinski definition) is 9. The van der Waals surface area contributed by atoms with Crippen molar-refractivity contribution in [3.63, 3.8) is 0 Å². The summed E-state index contributed by atoms with van der Waals surface area (Å²) in [6, 6.07) is 128. The molecule has 102 heavy (non-hydrogen) atoms. The fourth-order valence-corrected chi connectivity index (χ4v) is 15.8. The van der Waals surface area contributed by atoms with E-state index < -0.39 is 0 Å². The summed E-state index contributed by atoms with van der Waals surface area (Å²) in [5.41, 5.74) is 31.2. The van der Waals surface area contributed by atoms with E-state index in [0.717, 1.165) is 118 Å². The number of nitrogens with zero attached hydrogens (tertiary/aromatic N) is 9. The smallest absolute Gasteiger partial charge is 0.360 e. The fraction of sp³-hybridized carbons (Fsp3) is 0. The zero-order chi connectivity index (χ0) is 67.2. The summed E-state index contributed by atoms with van der Waals surface area (Å²) in [5, 5.41) is 0. The molecule has 0 saturated heterocycles. The van der Waals surface area contributed by atoms with Crippen LogP contribution < -0.4 is 30.2 Å². The van der Waals surface area contributed by atoms with Crippen LogP contribution in [0.5, 0.6) is 0 Å². The molecule has 13 aromatic carbocycles. The van der Waals surface area contributed by atoms with Crippen LogP contribution >= 0.6 is 0 Å². The van der Waals surface area contributed by atoms with Crippen LogP contribution in [-0.4, -0.2) is 38.9 Å². The molecule has 0 aliphatic carbocycles. The molecule has 0 N–H and O–H groups in total. The molecule has 0 radical (unpaired) electrons. The number of para-hydroxylation sites is 5. The predicted octanol–water partition coefficient (Wildman–Crippen LogP) is 21.0. The Bertz CT molecular complexity index is 5930. The zero-order valence-electron chi connectivity index (χ0n) is 55.2. The Morgan fingerprint density at radius 3 is 1.15 bits per heavy atom. The van der Waals surface area contributed by atoms with Crippen molar-refractivity contribution in [3.05, 3.63) is 358 Å². The van der Waals surface area contributed by atoms with Gasteiger partial charge in [-0.15, -0.1) is 0 Å². The van der Waals surface area contributed by atoms with Gasteiger partial charge in [0, 0.05) is 61.7 Å². The summed E-state index contributed by atoms with van der Waals surface area (Å²) in [7, 11) is 0. The van der Waals surface area contributed by atoms with Crippen molar-refractivity contribution in [3.8, 4) is 124 Å². The second-order valence-corrected chi connectivity index (χ2v) is 26.3. The molecule has 0 bridgehead atoms. The number of benzene rings is 13. The van der Waals surface area contributed by atoms with Gasteiger partial charge in [0.25, 0.3) is 0 Å². The van der Waals surface area contributed by atoms with Gasteiger partial charge in [0.15, 0.2) is 17.5 Å². The summed E-state index contributed by atoms with van der Waals surface area (Å²) >= 11 is 0. The third-order valence-electron chi connectivity index (χ3n) is 20.4. The lowest BCUT2D eigenvalue weighted by Gasteiger charge is -2.36. The van der Waals surface area contributed by atoms with E-state index in [0.29, 0.717) is 17.5 Å². The van der Waals surface area contributed by atoms with E-state index in [1.807, 2.05) is 60.7 Å². The minimum atomic E-state index is -0.186. The molecule has 0 fully saturated rings. The van der Waals surface area contributed by atoms with Crippen LogP contribution in [-0.2, 0) is 0 Å². The lowest BCUT2D eigenvalue weighted by atomic mass is 9.59. The van der Waals surface area contributed by atoms with Crippen LogP contribution in [0.3, 0.4) is 0 Å². The number of anilines is 8. The third kappa shape index (κ3) is 9.92. The topological polar surface area (TPSA) is 77.4 Å². The molecule has 20 rings (SSSR count). The molecule has 11 heteroatoms. The Hall–Kier alpha value is -13.5. The monoisotopic (exact) mass is 1300 g/mol. The van der Waals surface area contributed by atoms with Gasteiger partial charge in [-0.05, 0) is 152 Å². The van der Waals surface area contributed by atoms with E-state index in [-0.39, 0.29) is 14.0 Å². The Kier molecular flexibility index (Phi) is 13.9. The first-order valence-electron chi connectivity index (χ1n) is 34.7. The van der Waals surface area contributed by atoms with Crippen molar-refractivity contribution in [1.29, 1.82) is 0 Å². The molecule has 3 aromatic heterocycles. The van der Waals surface area contributed by atoms with Gasteiger partial charge in [0.2, 0.25) is 0 Å². The molecule has 9 nitrogen and oxygen atoms in total. The number of pyridine rings is 2. The lowest BCUT2D eigenvalue weighted by molar-refractivity contribution is 1.07. The first kappa shape index (κ1) is 58.6. The number of aromatic nitrogens is 5. The van der Waals surface area contributed by atoms with Gasteiger partial charge in [-0.2, -0.15) is 0 Å². The van der Waals surface area contributed by atoms with Crippen molar-refractivity contribution in [2.24, 2.45) is 0 Å². The Labute approximate surface area is 592 Å². The molecule has 0 amide bonds. The van der Waals surface area contributed by atoms with Crippen molar-refractivity contribution in [1.82, 2.24) is 24.9 Å². The van der Waals surface area contributed by atoms with E-state index in [4.69, 9.17) is 24.9 Å². The first-order chi connectivity index (χ1) is 50.6. The maximum atomic E-state index is 5.53. The van der Waals surface area contributed by atoms with Crippen LogP contribution in [0.4, 0.5) is 45.5 Å². The molecule has 0 spiro atoms. The second-order valence-electron chi connectivity index (χ2n) is 26.3. The molecule has 4 aliphatic rings. The Morgan fingerprint density at radius 1 is 0.176 bits per heavy atom. The fourth-order valence-electron chi connectivity index (χ4n) is 15.8. The molecular formula is C91H59B2N9. The summed E-state index contributed by atoms with van der Waals surface area (Å²) in [5.74, 6) is 1.88. The summed E-state index contributed by atoms with van der Waals surface area (Å²) in [6.07, 6.45) is 0. The molecule has 4 aliphatic heterocycles. The maximum Gasteiger partial charge on any atom is 0.421 e. The third-order valence-corrected chi connectivity index (χ3v) is 20.4. The van der Waals surface area contributed by atoms with Crippen LogP contribution in [0.15, 0.2) is 358 Å². The summed E-state index contributed by atoms with van der Waals surface area (Å²) in [4.78, 5) is 36.2. The van der Waals surface area contributed by atoms with Gasteiger partial charge < -0.3 is 19.2 Å². The van der Waals surface area contributed by atoms with E-state index in [1.54, 1.807) is 0 Å². The van der Waals surface area contributed by atoms with Gasteiger partial charge in [0.1, 0.15) is 0 Å². The summed E-state index contributed by atoms with van der Waals surface area (Å²) < 4.78 is 0. The molecule has 0 saturated carbocycles. The quantitative estimate of drug-likeness (QED) is 0.118. The molecule has 7 heterocycles. The average molecular weight is 1300 g/mol. The number of fused-ring (bicyclic) bond motifs is 16.